The summed E-state index contributed by atoms with van der Waals surface area (Å²) in [6.45, 7) is 8.06. The predicted molar refractivity (Wildman–Crippen MR) is 131 cm³/mol. The van der Waals surface area contributed by atoms with Crippen LogP contribution in [0.25, 0.3) is 0 Å². The average molecular weight is 487 g/mol. The van der Waals surface area contributed by atoms with Gasteiger partial charge in [-0.05, 0) is 48.9 Å². The van der Waals surface area contributed by atoms with Crippen LogP contribution in [-0.4, -0.2) is 76.4 Å². The van der Waals surface area contributed by atoms with Gasteiger partial charge in [0.15, 0.2) is 0 Å². The highest BCUT2D eigenvalue weighted by Crippen LogP contribution is 2.22. The van der Waals surface area contributed by atoms with Crippen LogP contribution in [0.5, 0.6) is 5.75 Å². The van der Waals surface area contributed by atoms with Crippen molar-refractivity contribution in [3.63, 3.8) is 0 Å². The number of nitrogens with zero attached hydrogens (tertiary/aromatic N) is 2. The number of anilines is 1. The smallest absolute Gasteiger partial charge is 0.261 e. The fraction of sp³-hybridized carbons (Fsp3) is 0.333. The summed E-state index contributed by atoms with van der Waals surface area (Å²) >= 11 is 0. The molecule has 0 saturated carbocycles. The molecule has 0 aromatic heterocycles. The van der Waals surface area contributed by atoms with Crippen molar-refractivity contribution in [3.05, 3.63) is 66.2 Å². The minimum Gasteiger partial charge on any atom is -0.497 e. The van der Waals surface area contributed by atoms with E-state index in [0.29, 0.717) is 55.3 Å². The van der Waals surface area contributed by atoms with E-state index in [9.17, 15) is 18.0 Å². The fourth-order valence-electron chi connectivity index (χ4n) is 3.60. The van der Waals surface area contributed by atoms with Crippen molar-refractivity contribution in [2.75, 3.05) is 51.1 Å². The second-order valence-corrected chi connectivity index (χ2v) is 9.65. The Labute approximate surface area is 200 Å². The van der Waals surface area contributed by atoms with Gasteiger partial charge >= 0.3 is 0 Å². The Kier molecular flexibility index (Phi) is 8.30. The van der Waals surface area contributed by atoms with Gasteiger partial charge in [0.05, 0.1) is 18.6 Å². The third-order valence-corrected chi connectivity index (χ3v) is 6.94. The fourth-order valence-corrected chi connectivity index (χ4v) is 4.68. The zero-order valence-corrected chi connectivity index (χ0v) is 20.2. The molecule has 9 nitrogen and oxygen atoms in total. The zero-order valence-electron chi connectivity index (χ0n) is 19.4. The maximum absolute atomic E-state index is 13.2. The number of aryl methyl sites for hydroxylation is 1. The maximum atomic E-state index is 13.2. The van der Waals surface area contributed by atoms with Crippen LogP contribution in [0.4, 0.5) is 5.69 Å². The summed E-state index contributed by atoms with van der Waals surface area (Å²) in [4.78, 5) is 28.8. The van der Waals surface area contributed by atoms with Crippen molar-refractivity contribution in [2.45, 2.75) is 11.8 Å². The Morgan fingerprint density at radius 1 is 1.09 bits per heavy atom. The van der Waals surface area contributed by atoms with E-state index in [2.05, 4.69) is 16.6 Å². The van der Waals surface area contributed by atoms with E-state index >= 15 is 0 Å². The van der Waals surface area contributed by atoms with Gasteiger partial charge in [0.1, 0.15) is 5.75 Å². The van der Waals surface area contributed by atoms with Crippen LogP contribution >= 0.6 is 0 Å². The molecule has 0 atom stereocenters. The first-order valence-corrected chi connectivity index (χ1v) is 12.4. The van der Waals surface area contributed by atoms with Crippen LogP contribution in [0.15, 0.2) is 60.0 Å². The van der Waals surface area contributed by atoms with E-state index in [1.54, 1.807) is 48.2 Å². The number of amides is 2. The quantitative estimate of drug-likeness (QED) is 0.524. The first kappa shape index (κ1) is 25.3. The maximum Gasteiger partial charge on any atom is 0.261 e. The normalized spacial score (nSPS) is 14.4. The largest absolute Gasteiger partial charge is 0.497 e. The number of ether oxygens (including phenoxy) is 1. The van der Waals surface area contributed by atoms with E-state index in [0.717, 1.165) is 0 Å². The summed E-state index contributed by atoms with van der Waals surface area (Å²) in [6.07, 6.45) is 1.62. The van der Waals surface area contributed by atoms with Gasteiger partial charge < -0.3 is 15.0 Å². The van der Waals surface area contributed by atoms with Crippen LogP contribution in [0.2, 0.25) is 0 Å². The number of carbonyl (C=O) groups is 2. The first-order chi connectivity index (χ1) is 16.2. The molecule has 1 aliphatic heterocycles. The Hall–Kier alpha value is -3.37. The number of rotatable bonds is 9. The number of hydrogen-bond donors (Lipinski definition) is 2. The first-order valence-electron chi connectivity index (χ1n) is 10.9. The molecule has 3 rings (SSSR count). The van der Waals surface area contributed by atoms with E-state index < -0.39 is 10.0 Å². The molecule has 2 aromatic carbocycles. The standard InChI is InChI=1S/C24H30N4O5S/c1-4-11-25-23(29)17-27-12-14-28(15-13-27)24(30)22-16-21(10-5-18(22)2)34(31,32)26-19-6-8-20(33-3)9-7-19/h4-10,16,26H,1,11-15,17H2,2-3H3,(H,25,29). The van der Waals surface area contributed by atoms with Gasteiger partial charge in [-0.25, -0.2) is 8.42 Å². The Bertz CT molecular complexity index is 1140. The van der Waals surface area contributed by atoms with E-state index in [1.807, 2.05) is 4.90 Å². The molecule has 1 fully saturated rings. The van der Waals surface area contributed by atoms with E-state index in [-0.39, 0.29) is 23.3 Å². The number of nitrogens with one attached hydrogen (secondary N) is 2. The minimum absolute atomic E-state index is 0.00907. The number of benzene rings is 2. The van der Waals surface area contributed by atoms with Crippen molar-refractivity contribution in [2.24, 2.45) is 0 Å². The third kappa shape index (κ3) is 6.36. The molecule has 10 heteroatoms. The highest BCUT2D eigenvalue weighted by atomic mass is 32.2. The lowest BCUT2D eigenvalue weighted by Crippen LogP contribution is -2.51. The van der Waals surface area contributed by atoms with Crippen molar-refractivity contribution < 1.29 is 22.7 Å². The van der Waals surface area contributed by atoms with Gasteiger partial charge in [-0.15, -0.1) is 6.58 Å². The highest BCUT2D eigenvalue weighted by Gasteiger charge is 2.25. The SMILES string of the molecule is C=CCNC(=O)CN1CCN(C(=O)c2cc(S(=O)(=O)Nc3ccc(OC)cc3)ccc2C)CC1. The lowest BCUT2D eigenvalue weighted by Gasteiger charge is -2.34. The molecule has 1 aliphatic rings. The summed E-state index contributed by atoms with van der Waals surface area (Å²) < 4.78 is 33.5. The van der Waals surface area contributed by atoms with Crippen molar-refractivity contribution >= 4 is 27.5 Å². The minimum atomic E-state index is -3.89. The van der Waals surface area contributed by atoms with Crippen LogP contribution in [0, 0.1) is 6.92 Å². The summed E-state index contributed by atoms with van der Waals surface area (Å²) in [5.41, 5.74) is 1.43. The Morgan fingerprint density at radius 2 is 1.76 bits per heavy atom. The molecule has 1 saturated heterocycles. The number of piperazine rings is 1. The number of hydrogen-bond acceptors (Lipinski definition) is 6. The van der Waals surface area contributed by atoms with Crippen LogP contribution < -0.4 is 14.8 Å². The molecule has 2 aromatic rings. The monoisotopic (exact) mass is 486 g/mol. The Balaban J connectivity index is 1.67. The van der Waals surface area contributed by atoms with Crippen LogP contribution in [-0.2, 0) is 14.8 Å². The van der Waals surface area contributed by atoms with Crippen LogP contribution in [0.3, 0.4) is 0 Å². The topological polar surface area (TPSA) is 108 Å². The number of methoxy groups -OCH3 is 1. The van der Waals surface area contributed by atoms with Crippen molar-refractivity contribution in [1.82, 2.24) is 15.1 Å². The van der Waals surface area contributed by atoms with E-state index in [1.165, 1.54) is 19.2 Å². The average Bonchev–Trinajstić information content (AvgIpc) is 2.83. The zero-order chi connectivity index (χ0) is 24.7. The van der Waals surface area contributed by atoms with Gasteiger partial charge in [-0.2, -0.15) is 0 Å². The lowest BCUT2D eigenvalue weighted by atomic mass is 10.1. The van der Waals surface area contributed by atoms with Crippen LogP contribution in [0.1, 0.15) is 15.9 Å². The molecular weight excluding hydrogens is 456 g/mol. The van der Waals surface area contributed by atoms with Gasteiger partial charge in [-0.3, -0.25) is 19.2 Å². The highest BCUT2D eigenvalue weighted by molar-refractivity contribution is 7.92. The molecular formula is C24H30N4O5S. The third-order valence-electron chi connectivity index (χ3n) is 5.56. The molecule has 2 amide bonds. The second kappa shape index (κ2) is 11.2. The molecule has 34 heavy (non-hydrogen) atoms. The molecule has 0 bridgehead atoms. The van der Waals surface area contributed by atoms with Gasteiger partial charge in [0.2, 0.25) is 5.91 Å². The van der Waals surface area contributed by atoms with Gasteiger partial charge in [0, 0.05) is 44.0 Å². The van der Waals surface area contributed by atoms with E-state index in [4.69, 9.17) is 4.74 Å². The van der Waals surface area contributed by atoms with Gasteiger partial charge in [-0.1, -0.05) is 12.1 Å². The second-order valence-electron chi connectivity index (χ2n) is 7.97. The van der Waals surface area contributed by atoms with Crippen molar-refractivity contribution in [1.29, 1.82) is 0 Å². The molecule has 0 aliphatic carbocycles. The molecule has 1 heterocycles. The summed E-state index contributed by atoms with van der Waals surface area (Å²) in [6, 6.07) is 11.1. The van der Waals surface area contributed by atoms with Gasteiger partial charge in [0.25, 0.3) is 15.9 Å². The molecule has 2 N–H and O–H groups in total. The Morgan fingerprint density at radius 3 is 2.38 bits per heavy atom. The summed E-state index contributed by atoms with van der Waals surface area (Å²) in [7, 11) is -2.35. The summed E-state index contributed by atoms with van der Waals surface area (Å²) in [5, 5.41) is 2.74. The molecule has 0 unspecified atom stereocenters. The van der Waals surface area contributed by atoms with Crippen molar-refractivity contribution in [3.8, 4) is 5.75 Å². The number of sulfonamides is 1. The molecule has 0 spiro atoms. The lowest BCUT2D eigenvalue weighted by molar-refractivity contribution is -0.122. The summed E-state index contributed by atoms with van der Waals surface area (Å²) in [5.74, 6) is 0.302. The molecule has 182 valence electrons. The molecule has 0 radical (unpaired) electrons. The predicted octanol–water partition coefficient (Wildman–Crippen LogP) is 1.86. The number of carbonyl (C=O) groups excluding carboxylic acids is 2.